The first-order valence-corrected chi connectivity index (χ1v) is 7.70. The van der Waals surface area contributed by atoms with Crippen LogP contribution in [-0.4, -0.2) is 27.9 Å². The van der Waals surface area contributed by atoms with Crippen LogP contribution in [0.15, 0.2) is 16.3 Å². The number of carbonyl (C=O) groups excluding carboxylic acids is 1. The van der Waals surface area contributed by atoms with Crippen LogP contribution >= 0.6 is 23.7 Å². The van der Waals surface area contributed by atoms with E-state index >= 15 is 0 Å². The molecule has 0 saturated carbocycles. The molecule has 0 spiro atoms. The summed E-state index contributed by atoms with van der Waals surface area (Å²) in [7, 11) is -2.04. The second kappa shape index (κ2) is 7.81. The molecule has 1 aromatic heterocycles. The zero-order chi connectivity index (χ0) is 13.8. The maximum absolute atomic E-state index is 11.5. The van der Waals surface area contributed by atoms with Crippen molar-refractivity contribution < 1.29 is 13.2 Å². The fourth-order valence-electron chi connectivity index (χ4n) is 1.15. The van der Waals surface area contributed by atoms with Gasteiger partial charge in [0.1, 0.15) is 4.21 Å². The van der Waals surface area contributed by atoms with Crippen molar-refractivity contribution >= 4 is 39.7 Å². The molecule has 1 aromatic rings. The average Bonchev–Trinajstić information content (AvgIpc) is 2.84. The summed E-state index contributed by atoms with van der Waals surface area (Å²) >= 11 is 1.13. The Morgan fingerprint density at radius 2 is 2.11 bits per heavy atom. The van der Waals surface area contributed by atoms with E-state index in [1.165, 1.54) is 13.1 Å². The Balaban J connectivity index is 0.00000324. The fourth-order valence-corrected chi connectivity index (χ4v) is 3.29. The standard InChI is InChI=1S/C10H17N3O3S2.ClH/c1-7(5-11)10(14)13-6-8-3-4-9(17-8)18(15,16)12-2;/h3-4,7,12H,5-6,11H2,1-2H3,(H,13,14);1H. The quantitative estimate of drug-likeness (QED) is 0.699. The molecule has 9 heteroatoms. The minimum Gasteiger partial charge on any atom is -0.351 e. The van der Waals surface area contributed by atoms with Gasteiger partial charge in [0.25, 0.3) is 0 Å². The van der Waals surface area contributed by atoms with Crippen LogP contribution < -0.4 is 15.8 Å². The Kier molecular flexibility index (Phi) is 7.53. The Bertz CT molecular complexity index is 516. The average molecular weight is 328 g/mol. The van der Waals surface area contributed by atoms with E-state index < -0.39 is 10.0 Å². The van der Waals surface area contributed by atoms with Crippen LogP contribution in [0.2, 0.25) is 0 Å². The summed E-state index contributed by atoms with van der Waals surface area (Å²) in [4.78, 5) is 12.3. The van der Waals surface area contributed by atoms with Gasteiger partial charge in [-0.25, -0.2) is 13.1 Å². The molecule has 0 aliphatic heterocycles. The second-order valence-electron chi connectivity index (χ2n) is 3.78. The van der Waals surface area contributed by atoms with E-state index in [9.17, 15) is 13.2 Å². The third-order valence-corrected chi connectivity index (χ3v) is 5.40. The number of hydrogen-bond acceptors (Lipinski definition) is 5. The van der Waals surface area contributed by atoms with Gasteiger partial charge < -0.3 is 11.1 Å². The number of nitrogens with one attached hydrogen (secondary N) is 2. The lowest BCUT2D eigenvalue weighted by Crippen LogP contribution is -2.32. The molecule has 0 radical (unpaired) electrons. The SMILES string of the molecule is CNS(=O)(=O)c1ccc(CNC(=O)C(C)CN)s1.Cl. The first-order chi connectivity index (χ1) is 8.40. The number of sulfonamides is 1. The van der Waals surface area contributed by atoms with Crippen molar-refractivity contribution in [3.63, 3.8) is 0 Å². The Morgan fingerprint density at radius 1 is 1.47 bits per heavy atom. The van der Waals surface area contributed by atoms with Gasteiger partial charge in [0.2, 0.25) is 15.9 Å². The van der Waals surface area contributed by atoms with Crippen LogP contribution in [-0.2, 0) is 21.4 Å². The van der Waals surface area contributed by atoms with E-state index in [1.807, 2.05) is 0 Å². The molecule has 1 amide bonds. The largest absolute Gasteiger partial charge is 0.351 e. The summed E-state index contributed by atoms with van der Waals surface area (Å²) in [5.74, 6) is -0.380. The van der Waals surface area contributed by atoms with Crippen LogP contribution in [0.5, 0.6) is 0 Å². The Morgan fingerprint density at radius 3 is 2.63 bits per heavy atom. The smallest absolute Gasteiger partial charge is 0.249 e. The normalized spacial score (nSPS) is 12.6. The first-order valence-electron chi connectivity index (χ1n) is 5.40. The highest BCUT2D eigenvalue weighted by atomic mass is 35.5. The van der Waals surface area contributed by atoms with Crippen molar-refractivity contribution in [2.24, 2.45) is 11.7 Å². The maximum Gasteiger partial charge on any atom is 0.249 e. The third kappa shape index (κ3) is 5.07. The van der Waals surface area contributed by atoms with E-state index in [0.29, 0.717) is 6.54 Å². The number of hydrogen-bond donors (Lipinski definition) is 3. The summed E-state index contributed by atoms with van der Waals surface area (Å²) < 4.78 is 25.5. The molecular weight excluding hydrogens is 310 g/mol. The Labute approximate surface area is 123 Å². The van der Waals surface area contributed by atoms with Gasteiger partial charge in [-0.05, 0) is 19.2 Å². The summed E-state index contributed by atoms with van der Waals surface area (Å²) in [5.41, 5.74) is 5.38. The van der Waals surface area contributed by atoms with Crippen LogP contribution in [0.4, 0.5) is 0 Å². The highest BCUT2D eigenvalue weighted by Crippen LogP contribution is 2.20. The summed E-state index contributed by atoms with van der Waals surface area (Å²) in [6.07, 6.45) is 0. The van der Waals surface area contributed by atoms with Crippen LogP contribution in [0.3, 0.4) is 0 Å². The molecule has 0 aromatic carbocycles. The van der Waals surface area contributed by atoms with E-state index in [1.54, 1.807) is 13.0 Å². The van der Waals surface area contributed by atoms with E-state index in [4.69, 9.17) is 5.73 Å². The lowest BCUT2D eigenvalue weighted by molar-refractivity contribution is -0.124. The number of amides is 1. The summed E-state index contributed by atoms with van der Waals surface area (Å²) in [6, 6.07) is 3.20. The fraction of sp³-hybridized carbons (Fsp3) is 0.500. The topological polar surface area (TPSA) is 101 Å². The number of halogens is 1. The highest BCUT2D eigenvalue weighted by Gasteiger charge is 2.15. The molecule has 110 valence electrons. The molecule has 4 N–H and O–H groups in total. The van der Waals surface area contributed by atoms with Crippen molar-refractivity contribution in [1.29, 1.82) is 0 Å². The van der Waals surface area contributed by atoms with Gasteiger partial charge in [-0.1, -0.05) is 6.92 Å². The van der Waals surface area contributed by atoms with Crippen molar-refractivity contribution in [3.05, 3.63) is 17.0 Å². The Hall–Kier alpha value is -0.670. The molecule has 6 nitrogen and oxygen atoms in total. The van der Waals surface area contributed by atoms with E-state index in [-0.39, 0.29) is 35.0 Å². The van der Waals surface area contributed by atoms with Crippen molar-refractivity contribution in [2.75, 3.05) is 13.6 Å². The van der Waals surface area contributed by atoms with Crippen molar-refractivity contribution in [1.82, 2.24) is 10.0 Å². The minimum absolute atomic E-state index is 0. The molecule has 0 saturated heterocycles. The number of carbonyl (C=O) groups is 1. The molecule has 0 bridgehead atoms. The molecule has 1 atom stereocenters. The number of nitrogens with two attached hydrogens (primary N) is 1. The van der Waals surface area contributed by atoms with Gasteiger partial charge in [0, 0.05) is 17.3 Å². The van der Waals surface area contributed by atoms with Gasteiger partial charge in [0.15, 0.2) is 0 Å². The van der Waals surface area contributed by atoms with Gasteiger partial charge in [-0.3, -0.25) is 4.79 Å². The monoisotopic (exact) mass is 327 g/mol. The second-order valence-corrected chi connectivity index (χ2v) is 7.06. The minimum atomic E-state index is -3.40. The molecule has 1 rings (SSSR count). The molecule has 19 heavy (non-hydrogen) atoms. The zero-order valence-corrected chi connectivity index (χ0v) is 13.1. The highest BCUT2D eigenvalue weighted by molar-refractivity contribution is 7.91. The molecule has 0 fully saturated rings. The van der Waals surface area contributed by atoms with Crippen LogP contribution in [0.25, 0.3) is 0 Å². The van der Waals surface area contributed by atoms with Gasteiger partial charge in [-0.15, -0.1) is 23.7 Å². The number of thiophene rings is 1. The van der Waals surface area contributed by atoms with Gasteiger partial charge >= 0.3 is 0 Å². The molecule has 0 aliphatic carbocycles. The van der Waals surface area contributed by atoms with Crippen molar-refractivity contribution in [2.45, 2.75) is 17.7 Å². The van der Waals surface area contributed by atoms with E-state index in [0.717, 1.165) is 16.2 Å². The molecular formula is C10H18ClN3O3S2. The molecule has 1 unspecified atom stereocenters. The van der Waals surface area contributed by atoms with Gasteiger partial charge in [-0.2, -0.15) is 0 Å². The number of rotatable bonds is 6. The first kappa shape index (κ1) is 18.3. The molecule has 1 heterocycles. The molecule has 0 aliphatic rings. The predicted molar refractivity (Wildman–Crippen MR) is 77.9 cm³/mol. The van der Waals surface area contributed by atoms with Crippen LogP contribution in [0.1, 0.15) is 11.8 Å². The van der Waals surface area contributed by atoms with E-state index in [2.05, 4.69) is 10.0 Å². The van der Waals surface area contributed by atoms with Gasteiger partial charge in [0.05, 0.1) is 6.54 Å². The zero-order valence-electron chi connectivity index (χ0n) is 10.7. The van der Waals surface area contributed by atoms with Crippen molar-refractivity contribution in [3.8, 4) is 0 Å². The van der Waals surface area contributed by atoms with Crippen LogP contribution in [0, 0.1) is 5.92 Å². The third-order valence-electron chi connectivity index (χ3n) is 2.41. The maximum atomic E-state index is 11.5. The summed E-state index contributed by atoms with van der Waals surface area (Å²) in [5, 5.41) is 2.71. The predicted octanol–water partition coefficient (Wildman–Crippen LogP) is 0.289. The lowest BCUT2D eigenvalue weighted by atomic mass is 10.2. The summed E-state index contributed by atoms with van der Waals surface area (Å²) in [6.45, 7) is 2.34. The lowest BCUT2D eigenvalue weighted by Gasteiger charge is -2.08.